The number of sulfonamides is 1. The van der Waals surface area contributed by atoms with E-state index in [1.165, 1.54) is 4.31 Å². The van der Waals surface area contributed by atoms with Gasteiger partial charge in [0.15, 0.2) is 0 Å². The van der Waals surface area contributed by atoms with Gasteiger partial charge in [0.05, 0.1) is 16.3 Å². The van der Waals surface area contributed by atoms with Gasteiger partial charge in [-0.25, -0.2) is 8.42 Å². The van der Waals surface area contributed by atoms with Gasteiger partial charge in [0.1, 0.15) is 0 Å². The Morgan fingerprint density at radius 2 is 1.59 bits per heavy atom. The Bertz CT molecular complexity index is 882. The van der Waals surface area contributed by atoms with Crippen LogP contribution in [0.15, 0.2) is 54.6 Å². The predicted octanol–water partition coefficient (Wildman–Crippen LogP) is 2.22. The van der Waals surface area contributed by atoms with E-state index >= 15 is 0 Å². The summed E-state index contributed by atoms with van der Waals surface area (Å²) in [5.41, 5.74) is 1.44. The van der Waals surface area contributed by atoms with Gasteiger partial charge >= 0.3 is 0 Å². The molecule has 6 nitrogen and oxygen atoms in total. The van der Waals surface area contributed by atoms with E-state index in [0.717, 1.165) is 5.69 Å². The largest absolute Gasteiger partial charge is 0.369 e. The second kappa shape index (κ2) is 8.73. The average Bonchev–Trinajstić information content (AvgIpc) is 2.69. The molecule has 1 aliphatic heterocycles. The number of hydrogen-bond acceptors (Lipinski definition) is 4. The third-order valence-electron chi connectivity index (χ3n) is 4.52. The van der Waals surface area contributed by atoms with Gasteiger partial charge in [-0.15, -0.1) is 0 Å². The maximum Gasteiger partial charge on any atom is 0.252 e. The lowest BCUT2D eigenvalue weighted by Gasteiger charge is -2.35. The number of amides is 1. The maximum atomic E-state index is 12.5. The van der Waals surface area contributed by atoms with Gasteiger partial charge in [-0.1, -0.05) is 41.9 Å². The van der Waals surface area contributed by atoms with Crippen molar-refractivity contribution in [3.05, 3.63) is 65.2 Å². The molecule has 0 atom stereocenters. The molecular weight excluding hydrogens is 386 g/mol. The van der Waals surface area contributed by atoms with Crippen molar-refractivity contribution in [2.24, 2.45) is 0 Å². The van der Waals surface area contributed by atoms with Crippen LogP contribution in [-0.4, -0.2) is 57.1 Å². The summed E-state index contributed by atoms with van der Waals surface area (Å²) in [6.07, 6.45) is 0. The normalized spacial score (nSPS) is 15.5. The highest BCUT2D eigenvalue weighted by Gasteiger charge is 2.26. The molecule has 2 aromatic rings. The number of nitrogens with one attached hydrogen (secondary N) is 1. The van der Waals surface area contributed by atoms with E-state index in [0.29, 0.717) is 36.8 Å². The molecular formula is C19H22ClN3O3S. The summed E-state index contributed by atoms with van der Waals surface area (Å²) < 4.78 is 26.6. The zero-order valence-electron chi connectivity index (χ0n) is 14.8. The second-order valence-corrected chi connectivity index (χ2v) is 8.77. The Balaban J connectivity index is 1.49. The van der Waals surface area contributed by atoms with E-state index in [1.54, 1.807) is 24.3 Å². The topological polar surface area (TPSA) is 69.7 Å². The van der Waals surface area contributed by atoms with Gasteiger partial charge in [-0.2, -0.15) is 4.31 Å². The highest BCUT2D eigenvalue weighted by atomic mass is 35.5. The summed E-state index contributed by atoms with van der Waals surface area (Å²) in [5.74, 6) is -0.501. The number of carbonyl (C=O) groups is 1. The Morgan fingerprint density at radius 3 is 2.26 bits per heavy atom. The van der Waals surface area contributed by atoms with Crippen LogP contribution in [-0.2, 0) is 10.0 Å². The quantitative estimate of drug-likeness (QED) is 0.797. The lowest BCUT2D eigenvalue weighted by molar-refractivity contribution is 0.0956. The van der Waals surface area contributed by atoms with E-state index in [-0.39, 0.29) is 18.2 Å². The molecule has 0 radical (unpaired) electrons. The molecule has 1 saturated heterocycles. The Labute approximate surface area is 164 Å². The first-order valence-corrected chi connectivity index (χ1v) is 10.8. The molecule has 0 bridgehead atoms. The number of rotatable bonds is 6. The molecule has 1 amide bonds. The first-order chi connectivity index (χ1) is 13.0. The molecule has 27 heavy (non-hydrogen) atoms. The molecule has 0 aliphatic carbocycles. The zero-order chi connectivity index (χ0) is 19.3. The van der Waals surface area contributed by atoms with Crippen molar-refractivity contribution in [2.45, 2.75) is 0 Å². The van der Waals surface area contributed by atoms with E-state index in [1.807, 2.05) is 30.3 Å². The third-order valence-corrected chi connectivity index (χ3v) is 6.72. The Hall–Kier alpha value is -2.09. The van der Waals surface area contributed by atoms with Crippen molar-refractivity contribution in [3.63, 3.8) is 0 Å². The van der Waals surface area contributed by atoms with Crippen LogP contribution in [0, 0.1) is 0 Å². The molecule has 0 spiro atoms. The fraction of sp³-hybridized carbons (Fsp3) is 0.316. The van der Waals surface area contributed by atoms with Crippen LogP contribution >= 0.6 is 11.6 Å². The minimum Gasteiger partial charge on any atom is -0.369 e. The lowest BCUT2D eigenvalue weighted by atomic mass is 10.2. The van der Waals surface area contributed by atoms with Gasteiger partial charge in [-0.3, -0.25) is 4.79 Å². The zero-order valence-corrected chi connectivity index (χ0v) is 16.4. The summed E-state index contributed by atoms with van der Waals surface area (Å²) >= 11 is 5.98. The summed E-state index contributed by atoms with van der Waals surface area (Å²) in [6, 6.07) is 16.6. The molecule has 0 unspecified atom stereocenters. The summed E-state index contributed by atoms with van der Waals surface area (Å²) in [4.78, 5) is 14.3. The van der Waals surface area contributed by atoms with Crippen molar-refractivity contribution in [1.29, 1.82) is 0 Å². The van der Waals surface area contributed by atoms with E-state index in [9.17, 15) is 13.2 Å². The predicted molar refractivity (Wildman–Crippen MR) is 108 cm³/mol. The highest BCUT2D eigenvalue weighted by molar-refractivity contribution is 7.89. The molecule has 1 fully saturated rings. The van der Waals surface area contributed by atoms with E-state index in [2.05, 4.69) is 10.2 Å². The van der Waals surface area contributed by atoms with E-state index in [4.69, 9.17) is 11.6 Å². The molecule has 1 N–H and O–H groups in total. The van der Waals surface area contributed by atoms with Crippen LogP contribution in [0.3, 0.4) is 0 Å². The molecule has 0 aromatic heterocycles. The number of anilines is 1. The van der Waals surface area contributed by atoms with Crippen molar-refractivity contribution in [1.82, 2.24) is 9.62 Å². The van der Waals surface area contributed by atoms with Crippen molar-refractivity contribution in [3.8, 4) is 0 Å². The number of carbonyl (C=O) groups excluding carboxylic acids is 1. The van der Waals surface area contributed by atoms with Crippen LogP contribution in [0.4, 0.5) is 5.69 Å². The number of hydrogen-bond donors (Lipinski definition) is 1. The summed E-state index contributed by atoms with van der Waals surface area (Å²) in [5, 5.41) is 2.97. The lowest BCUT2D eigenvalue weighted by Crippen LogP contribution is -2.50. The van der Waals surface area contributed by atoms with Gasteiger partial charge in [0.2, 0.25) is 10.0 Å². The number of halogens is 1. The van der Waals surface area contributed by atoms with Gasteiger partial charge in [0, 0.05) is 38.4 Å². The SMILES string of the molecule is O=C(NCCS(=O)(=O)N1CCN(c2ccccc2)CC1)c1ccccc1Cl. The Morgan fingerprint density at radius 1 is 0.963 bits per heavy atom. The van der Waals surface area contributed by atoms with Crippen LogP contribution in [0.5, 0.6) is 0 Å². The fourth-order valence-corrected chi connectivity index (χ4v) is 4.59. The fourth-order valence-electron chi connectivity index (χ4n) is 3.03. The minimum absolute atomic E-state index is 0.0469. The molecule has 0 saturated carbocycles. The van der Waals surface area contributed by atoms with Crippen molar-refractivity contribution >= 4 is 33.2 Å². The maximum absolute atomic E-state index is 12.5. The Kier molecular flexibility index (Phi) is 6.36. The molecule has 8 heteroatoms. The van der Waals surface area contributed by atoms with Crippen molar-refractivity contribution in [2.75, 3.05) is 43.4 Å². The van der Waals surface area contributed by atoms with Gasteiger partial charge in [-0.05, 0) is 24.3 Å². The number of para-hydroxylation sites is 1. The standard InChI is InChI=1S/C19H22ClN3O3S/c20-18-9-5-4-8-17(18)19(24)21-10-15-27(25,26)23-13-11-22(12-14-23)16-6-2-1-3-7-16/h1-9H,10-15H2,(H,21,24). The average molecular weight is 408 g/mol. The third kappa shape index (κ3) is 5.00. The number of piperazine rings is 1. The summed E-state index contributed by atoms with van der Waals surface area (Å²) in [7, 11) is -3.42. The number of nitrogens with zero attached hydrogens (tertiary/aromatic N) is 2. The van der Waals surface area contributed by atoms with Crippen LogP contribution in [0.1, 0.15) is 10.4 Å². The van der Waals surface area contributed by atoms with Crippen molar-refractivity contribution < 1.29 is 13.2 Å². The second-order valence-electron chi connectivity index (χ2n) is 6.27. The first kappa shape index (κ1) is 19.7. The molecule has 1 heterocycles. The number of benzene rings is 2. The van der Waals surface area contributed by atoms with E-state index < -0.39 is 10.0 Å². The minimum atomic E-state index is -3.42. The van der Waals surface area contributed by atoms with Crippen LogP contribution in [0.2, 0.25) is 5.02 Å². The van der Waals surface area contributed by atoms with Gasteiger partial charge in [0.25, 0.3) is 5.91 Å². The highest BCUT2D eigenvalue weighted by Crippen LogP contribution is 2.17. The molecule has 144 valence electrons. The molecule has 1 aliphatic rings. The first-order valence-electron chi connectivity index (χ1n) is 8.78. The summed E-state index contributed by atoms with van der Waals surface area (Å²) in [6.45, 7) is 2.22. The smallest absolute Gasteiger partial charge is 0.252 e. The monoisotopic (exact) mass is 407 g/mol. The molecule has 2 aromatic carbocycles. The van der Waals surface area contributed by atoms with Crippen LogP contribution in [0.25, 0.3) is 0 Å². The van der Waals surface area contributed by atoms with Crippen LogP contribution < -0.4 is 10.2 Å². The molecule has 3 rings (SSSR count). The van der Waals surface area contributed by atoms with Gasteiger partial charge < -0.3 is 10.2 Å².